The summed E-state index contributed by atoms with van der Waals surface area (Å²) in [5.74, 6) is 0.690. The molecule has 100 valence electrons. The summed E-state index contributed by atoms with van der Waals surface area (Å²) in [5, 5.41) is 3.78. The van der Waals surface area contributed by atoms with E-state index in [4.69, 9.17) is 4.74 Å². The summed E-state index contributed by atoms with van der Waals surface area (Å²) in [6, 6.07) is 11.9. The lowest BCUT2D eigenvalue weighted by molar-refractivity contribution is 0.176. The molecule has 1 saturated heterocycles. The number of rotatable bonds is 6. The zero-order chi connectivity index (χ0) is 12.8. The highest BCUT2D eigenvalue weighted by molar-refractivity contribution is 5.15. The summed E-state index contributed by atoms with van der Waals surface area (Å²) >= 11 is 0. The largest absolute Gasteiger partial charge is 0.381 e. The Hall–Kier alpha value is -0.860. The van der Waals surface area contributed by atoms with Crippen LogP contribution in [0.5, 0.6) is 0 Å². The Morgan fingerprint density at radius 3 is 2.72 bits per heavy atom. The molecule has 3 atom stereocenters. The maximum Gasteiger partial charge on any atom is 0.0509 e. The number of hydrogen-bond acceptors (Lipinski definition) is 2. The van der Waals surface area contributed by atoms with Crippen LogP contribution >= 0.6 is 0 Å². The van der Waals surface area contributed by atoms with Crippen LogP contribution in [0.15, 0.2) is 30.3 Å². The average Bonchev–Trinajstić information content (AvgIpc) is 2.93. The second-order valence-electron chi connectivity index (χ2n) is 5.37. The average molecular weight is 247 g/mol. The van der Waals surface area contributed by atoms with Crippen LogP contribution in [-0.2, 0) is 11.2 Å². The number of ether oxygens (including phenoxy) is 1. The highest BCUT2D eigenvalue weighted by Gasteiger charge is 2.23. The van der Waals surface area contributed by atoms with Gasteiger partial charge < -0.3 is 10.1 Å². The van der Waals surface area contributed by atoms with E-state index in [0.29, 0.717) is 18.0 Å². The van der Waals surface area contributed by atoms with Crippen molar-refractivity contribution in [3.63, 3.8) is 0 Å². The highest BCUT2D eigenvalue weighted by Crippen LogP contribution is 2.17. The Morgan fingerprint density at radius 1 is 1.33 bits per heavy atom. The molecule has 2 rings (SSSR count). The van der Waals surface area contributed by atoms with Crippen LogP contribution in [0.3, 0.4) is 0 Å². The minimum absolute atomic E-state index is 0.557. The van der Waals surface area contributed by atoms with Crippen LogP contribution in [0.1, 0.15) is 32.3 Å². The molecule has 0 saturated carbocycles. The highest BCUT2D eigenvalue weighted by atomic mass is 16.5. The molecule has 1 aromatic rings. The van der Waals surface area contributed by atoms with E-state index >= 15 is 0 Å². The van der Waals surface area contributed by atoms with Crippen molar-refractivity contribution in [2.24, 2.45) is 5.92 Å². The van der Waals surface area contributed by atoms with Gasteiger partial charge in [-0.2, -0.15) is 0 Å². The topological polar surface area (TPSA) is 21.3 Å². The van der Waals surface area contributed by atoms with Crippen LogP contribution in [0.2, 0.25) is 0 Å². The van der Waals surface area contributed by atoms with Gasteiger partial charge in [-0.25, -0.2) is 0 Å². The number of benzene rings is 1. The second kappa shape index (κ2) is 6.91. The molecule has 1 N–H and O–H groups in total. The zero-order valence-electron chi connectivity index (χ0n) is 11.6. The van der Waals surface area contributed by atoms with Crippen molar-refractivity contribution in [2.75, 3.05) is 13.2 Å². The van der Waals surface area contributed by atoms with Gasteiger partial charge in [0.1, 0.15) is 0 Å². The fourth-order valence-corrected chi connectivity index (χ4v) is 2.67. The summed E-state index contributed by atoms with van der Waals surface area (Å²) in [5.41, 5.74) is 1.42. The Bertz CT molecular complexity index is 332. The van der Waals surface area contributed by atoms with E-state index in [1.165, 1.54) is 18.4 Å². The van der Waals surface area contributed by atoms with Crippen molar-refractivity contribution in [2.45, 2.75) is 45.2 Å². The monoisotopic (exact) mass is 247 g/mol. The summed E-state index contributed by atoms with van der Waals surface area (Å²) in [6.07, 6.45) is 3.50. The molecule has 1 aliphatic rings. The molecule has 1 fully saturated rings. The first kappa shape index (κ1) is 13.6. The molecule has 1 heterocycles. The molecule has 3 unspecified atom stereocenters. The molecular weight excluding hydrogens is 222 g/mol. The van der Waals surface area contributed by atoms with E-state index < -0.39 is 0 Å². The van der Waals surface area contributed by atoms with Crippen LogP contribution in [0, 0.1) is 5.92 Å². The molecule has 0 spiro atoms. The van der Waals surface area contributed by atoms with Gasteiger partial charge in [-0.1, -0.05) is 37.3 Å². The van der Waals surface area contributed by atoms with E-state index in [9.17, 15) is 0 Å². The maximum absolute atomic E-state index is 5.47. The lowest BCUT2D eigenvalue weighted by atomic mass is 9.97. The van der Waals surface area contributed by atoms with Gasteiger partial charge in [0.2, 0.25) is 0 Å². The summed E-state index contributed by atoms with van der Waals surface area (Å²) in [6.45, 7) is 6.42. The molecule has 18 heavy (non-hydrogen) atoms. The summed E-state index contributed by atoms with van der Waals surface area (Å²) in [4.78, 5) is 0. The fourth-order valence-electron chi connectivity index (χ4n) is 2.67. The Morgan fingerprint density at radius 2 is 2.11 bits per heavy atom. The van der Waals surface area contributed by atoms with E-state index in [2.05, 4.69) is 49.5 Å². The van der Waals surface area contributed by atoms with Crippen molar-refractivity contribution < 1.29 is 4.74 Å². The van der Waals surface area contributed by atoms with Crippen molar-refractivity contribution in [1.29, 1.82) is 0 Å². The molecule has 2 nitrogen and oxygen atoms in total. The maximum atomic E-state index is 5.47. The third-order valence-corrected chi connectivity index (χ3v) is 3.99. The molecule has 1 aromatic carbocycles. The van der Waals surface area contributed by atoms with Gasteiger partial charge in [0.05, 0.1) is 6.61 Å². The zero-order valence-corrected chi connectivity index (χ0v) is 11.6. The van der Waals surface area contributed by atoms with Crippen molar-refractivity contribution >= 4 is 0 Å². The Balaban J connectivity index is 1.85. The van der Waals surface area contributed by atoms with Crippen LogP contribution < -0.4 is 5.32 Å². The smallest absolute Gasteiger partial charge is 0.0509 e. The quantitative estimate of drug-likeness (QED) is 0.834. The van der Waals surface area contributed by atoms with Gasteiger partial charge in [0.15, 0.2) is 0 Å². The lowest BCUT2D eigenvalue weighted by Gasteiger charge is -2.26. The van der Waals surface area contributed by atoms with Gasteiger partial charge in [0, 0.05) is 18.7 Å². The standard InChI is InChI=1S/C16H25NO/c1-3-16(11-14-7-5-4-6-8-14)17-13(2)15-9-10-18-12-15/h4-8,13,15-17H,3,9-12H2,1-2H3. The van der Waals surface area contributed by atoms with Crippen molar-refractivity contribution in [3.8, 4) is 0 Å². The van der Waals surface area contributed by atoms with Crippen LogP contribution in [-0.4, -0.2) is 25.3 Å². The Labute approximate surface area is 111 Å². The molecule has 2 heteroatoms. The summed E-state index contributed by atoms with van der Waals surface area (Å²) < 4.78 is 5.47. The minimum atomic E-state index is 0.557. The van der Waals surface area contributed by atoms with E-state index in [0.717, 1.165) is 19.6 Å². The van der Waals surface area contributed by atoms with Gasteiger partial charge in [-0.05, 0) is 37.7 Å². The van der Waals surface area contributed by atoms with E-state index in [1.807, 2.05) is 0 Å². The first-order valence-corrected chi connectivity index (χ1v) is 7.17. The SMILES string of the molecule is CCC(Cc1ccccc1)NC(C)C1CCOC1. The summed E-state index contributed by atoms with van der Waals surface area (Å²) in [7, 11) is 0. The third-order valence-electron chi connectivity index (χ3n) is 3.99. The van der Waals surface area contributed by atoms with Crippen LogP contribution in [0.4, 0.5) is 0 Å². The van der Waals surface area contributed by atoms with Crippen LogP contribution in [0.25, 0.3) is 0 Å². The molecule has 0 amide bonds. The van der Waals surface area contributed by atoms with E-state index in [1.54, 1.807) is 0 Å². The van der Waals surface area contributed by atoms with Gasteiger partial charge in [0.25, 0.3) is 0 Å². The molecular formula is C16H25NO. The normalized spacial score (nSPS) is 22.9. The predicted octanol–water partition coefficient (Wildman–Crippen LogP) is 3.02. The first-order chi connectivity index (χ1) is 8.79. The lowest BCUT2D eigenvalue weighted by Crippen LogP contribution is -2.42. The molecule has 0 radical (unpaired) electrons. The van der Waals surface area contributed by atoms with Crippen molar-refractivity contribution in [1.82, 2.24) is 5.32 Å². The predicted molar refractivity (Wildman–Crippen MR) is 75.7 cm³/mol. The Kier molecular flexibility index (Phi) is 5.21. The van der Waals surface area contributed by atoms with Crippen molar-refractivity contribution in [3.05, 3.63) is 35.9 Å². The fraction of sp³-hybridized carbons (Fsp3) is 0.625. The number of hydrogen-bond donors (Lipinski definition) is 1. The van der Waals surface area contributed by atoms with Gasteiger partial charge in [-0.3, -0.25) is 0 Å². The molecule has 0 bridgehead atoms. The minimum Gasteiger partial charge on any atom is -0.381 e. The second-order valence-corrected chi connectivity index (χ2v) is 5.37. The molecule has 0 aliphatic carbocycles. The third kappa shape index (κ3) is 3.82. The van der Waals surface area contributed by atoms with Gasteiger partial charge >= 0.3 is 0 Å². The first-order valence-electron chi connectivity index (χ1n) is 7.17. The molecule has 0 aromatic heterocycles. The number of nitrogens with one attached hydrogen (secondary N) is 1. The van der Waals surface area contributed by atoms with Gasteiger partial charge in [-0.15, -0.1) is 0 Å². The van der Waals surface area contributed by atoms with E-state index in [-0.39, 0.29) is 0 Å². The molecule has 1 aliphatic heterocycles.